The molecule has 0 bridgehead atoms. The van der Waals surface area contributed by atoms with Gasteiger partial charge < -0.3 is 10.6 Å². The fourth-order valence-corrected chi connectivity index (χ4v) is 1.52. The average Bonchev–Trinajstić information content (AvgIpc) is 2.20. The van der Waals surface area contributed by atoms with Crippen molar-refractivity contribution >= 4 is 23.0 Å². The standard InChI is InChI=1S/C10H15N3S/c1-3-13(4-2)10-8(9(11)14)6-5-7-12-10/h5-7H,3-4H2,1-2H3,(H2,11,14). The molecule has 1 aromatic rings. The van der Waals surface area contributed by atoms with Crippen molar-refractivity contribution in [1.29, 1.82) is 0 Å². The van der Waals surface area contributed by atoms with Gasteiger partial charge in [-0.05, 0) is 26.0 Å². The molecule has 0 atom stereocenters. The summed E-state index contributed by atoms with van der Waals surface area (Å²) in [7, 11) is 0. The van der Waals surface area contributed by atoms with Crippen LogP contribution in [0.25, 0.3) is 0 Å². The number of hydrogen-bond donors (Lipinski definition) is 1. The van der Waals surface area contributed by atoms with Crippen LogP contribution in [0.2, 0.25) is 0 Å². The van der Waals surface area contributed by atoms with Crippen LogP contribution in [0.3, 0.4) is 0 Å². The SMILES string of the molecule is CCN(CC)c1ncccc1C(N)=S. The maximum absolute atomic E-state index is 5.63. The second kappa shape index (κ2) is 4.91. The van der Waals surface area contributed by atoms with E-state index in [-0.39, 0.29) is 0 Å². The van der Waals surface area contributed by atoms with Crippen molar-refractivity contribution in [3.05, 3.63) is 23.9 Å². The van der Waals surface area contributed by atoms with Gasteiger partial charge in [-0.25, -0.2) is 4.98 Å². The molecule has 0 aromatic carbocycles. The molecule has 0 saturated heterocycles. The largest absolute Gasteiger partial charge is 0.389 e. The first-order chi connectivity index (χ1) is 6.70. The summed E-state index contributed by atoms with van der Waals surface area (Å²) < 4.78 is 0. The first-order valence-corrected chi connectivity index (χ1v) is 5.11. The second-order valence-corrected chi connectivity index (χ2v) is 3.35. The minimum Gasteiger partial charge on any atom is -0.389 e. The van der Waals surface area contributed by atoms with Crippen molar-refractivity contribution in [3.63, 3.8) is 0 Å². The van der Waals surface area contributed by atoms with E-state index in [4.69, 9.17) is 18.0 Å². The number of thiocarbonyl (C=S) groups is 1. The van der Waals surface area contributed by atoms with E-state index in [1.807, 2.05) is 12.1 Å². The first kappa shape index (κ1) is 10.9. The normalized spacial score (nSPS) is 9.86. The van der Waals surface area contributed by atoms with Gasteiger partial charge in [-0.15, -0.1) is 0 Å². The lowest BCUT2D eigenvalue weighted by atomic mass is 10.2. The molecule has 0 radical (unpaired) electrons. The number of pyridine rings is 1. The second-order valence-electron chi connectivity index (χ2n) is 2.91. The molecule has 2 N–H and O–H groups in total. The van der Waals surface area contributed by atoms with Gasteiger partial charge in [0.05, 0.1) is 5.56 Å². The Morgan fingerprint density at radius 1 is 1.50 bits per heavy atom. The van der Waals surface area contributed by atoms with E-state index >= 15 is 0 Å². The van der Waals surface area contributed by atoms with Gasteiger partial charge in [0.15, 0.2) is 0 Å². The van der Waals surface area contributed by atoms with Gasteiger partial charge in [0.25, 0.3) is 0 Å². The minimum absolute atomic E-state index is 0.403. The molecule has 0 aliphatic heterocycles. The van der Waals surface area contributed by atoms with Gasteiger partial charge in [0.2, 0.25) is 0 Å². The Morgan fingerprint density at radius 3 is 2.64 bits per heavy atom. The lowest BCUT2D eigenvalue weighted by Gasteiger charge is -2.21. The van der Waals surface area contributed by atoms with Gasteiger partial charge in [0.1, 0.15) is 10.8 Å². The Bertz CT molecular complexity index is 321. The highest BCUT2D eigenvalue weighted by Crippen LogP contribution is 2.16. The third kappa shape index (κ3) is 2.20. The summed E-state index contributed by atoms with van der Waals surface area (Å²) in [6.07, 6.45) is 1.76. The van der Waals surface area contributed by atoms with E-state index in [2.05, 4.69) is 23.7 Å². The van der Waals surface area contributed by atoms with Gasteiger partial charge in [-0.2, -0.15) is 0 Å². The van der Waals surface area contributed by atoms with Gasteiger partial charge in [-0.3, -0.25) is 0 Å². The zero-order valence-corrected chi connectivity index (χ0v) is 9.34. The zero-order chi connectivity index (χ0) is 10.6. The number of nitrogens with zero attached hydrogens (tertiary/aromatic N) is 2. The predicted molar refractivity (Wildman–Crippen MR) is 63.7 cm³/mol. The first-order valence-electron chi connectivity index (χ1n) is 4.70. The van der Waals surface area contributed by atoms with Crippen LogP contribution in [0.5, 0.6) is 0 Å². The van der Waals surface area contributed by atoms with Crippen LogP contribution in [0.15, 0.2) is 18.3 Å². The summed E-state index contributed by atoms with van der Waals surface area (Å²) in [5.74, 6) is 0.880. The molecule has 4 heteroatoms. The van der Waals surface area contributed by atoms with Crippen LogP contribution in [-0.2, 0) is 0 Å². The minimum atomic E-state index is 0.403. The molecule has 0 aliphatic rings. The van der Waals surface area contributed by atoms with Gasteiger partial charge >= 0.3 is 0 Å². The van der Waals surface area contributed by atoms with E-state index in [9.17, 15) is 0 Å². The number of aromatic nitrogens is 1. The average molecular weight is 209 g/mol. The monoisotopic (exact) mass is 209 g/mol. The van der Waals surface area contributed by atoms with Crippen LogP contribution >= 0.6 is 12.2 Å². The van der Waals surface area contributed by atoms with Crippen LogP contribution in [0.4, 0.5) is 5.82 Å². The van der Waals surface area contributed by atoms with Crippen molar-refractivity contribution < 1.29 is 0 Å². The molecule has 0 saturated carbocycles. The molecule has 3 nitrogen and oxygen atoms in total. The van der Waals surface area contributed by atoms with E-state index in [0.29, 0.717) is 4.99 Å². The fourth-order valence-electron chi connectivity index (χ4n) is 1.36. The van der Waals surface area contributed by atoms with Crippen molar-refractivity contribution in [2.75, 3.05) is 18.0 Å². The highest BCUT2D eigenvalue weighted by molar-refractivity contribution is 7.80. The summed E-state index contributed by atoms with van der Waals surface area (Å²) in [4.78, 5) is 6.84. The fraction of sp³-hybridized carbons (Fsp3) is 0.400. The van der Waals surface area contributed by atoms with Crippen molar-refractivity contribution in [2.24, 2.45) is 5.73 Å². The molecular weight excluding hydrogens is 194 g/mol. The zero-order valence-electron chi connectivity index (χ0n) is 8.53. The molecule has 1 aromatic heterocycles. The third-order valence-corrected chi connectivity index (χ3v) is 2.34. The topological polar surface area (TPSA) is 42.2 Å². The van der Waals surface area contributed by atoms with Gasteiger partial charge in [0, 0.05) is 19.3 Å². The predicted octanol–water partition coefficient (Wildman–Crippen LogP) is 1.56. The summed E-state index contributed by atoms with van der Waals surface area (Å²) in [6.45, 7) is 5.98. The van der Waals surface area contributed by atoms with E-state index in [1.165, 1.54) is 0 Å². The summed E-state index contributed by atoms with van der Waals surface area (Å²) in [5, 5.41) is 0. The highest BCUT2D eigenvalue weighted by Gasteiger charge is 2.10. The number of hydrogen-bond acceptors (Lipinski definition) is 3. The molecule has 0 fully saturated rings. The molecule has 1 heterocycles. The smallest absolute Gasteiger partial charge is 0.138 e. The van der Waals surface area contributed by atoms with E-state index < -0.39 is 0 Å². The number of anilines is 1. The van der Waals surface area contributed by atoms with Crippen LogP contribution in [0.1, 0.15) is 19.4 Å². The molecule has 0 aliphatic carbocycles. The molecule has 0 spiro atoms. The number of rotatable bonds is 4. The quantitative estimate of drug-likeness (QED) is 0.764. The van der Waals surface area contributed by atoms with Crippen LogP contribution < -0.4 is 10.6 Å². The Kier molecular flexibility index (Phi) is 3.83. The Balaban J connectivity index is 3.11. The van der Waals surface area contributed by atoms with Crippen LogP contribution in [-0.4, -0.2) is 23.1 Å². The Labute approximate surface area is 89.9 Å². The van der Waals surface area contributed by atoms with Crippen molar-refractivity contribution in [1.82, 2.24) is 4.98 Å². The molecule has 14 heavy (non-hydrogen) atoms. The molecular formula is C10H15N3S. The van der Waals surface area contributed by atoms with E-state index in [1.54, 1.807) is 6.20 Å². The lowest BCUT2D eigenvalue weighted by molar-refractivity contribution is 0.845. The maximum atomic E-state index is 5.63. The summed E-state index contributed by atoms with van der Waals surface area (Å²) in [5.41, 5.74) is 6.48. The molecule has 76 valence electrons. The highest BCUT2D eigenvalue weighted by atomic mass is 32.1. The maximum Gasteiger partial charge on any atom is 0.138 e. The Morgan fingerprint density at radius 2 is 2.14 bits per heavy atom. The molecule has 1 rings (SSSR count). The molecule has 0 amide bonds. The third-order valence-electron chi connectivity index (χ3n) is 2.12. The lowest BCUT2D eigenvalue weighted by Crippen LogP contribution is -2.26. The Hall–Kier alpha value is -1.16. The van der Waals surface area contributed by atoms with Gasteiger partial charge in [-0.1, -0.05) is 12.2 Å². The number of nitrogens with two attached hydrogens (primary N) is 1. The van der Waals surface area contributed by atoms with Crippen molar-refractivity contribution in [2.45, 2.75) is 13.8 Å². The van der Waals surface area contributed by atoms with Crippen LogP contribution in [0, 0.1) is 0 Å². The summed E-state index contributed by atoms with van der Waals surface area (Å²) in [6, 6.07) is 3.75. The molecule has 0 unspecified atom stereocenters. The summed E-state index contributed by atoms with van der Waals surface area (Å²) >= 11 is 4.98. The van der Waals surface area contributed by atoms with Crippen molar-refractivity contribution in [3.8, 4) is 0 Å². The van der Waals surface area contributed by atoms with E-state index in [0.717, 1.165) is 24.5 Å².